The average Bonchev–Trinajstić information content (AvgIpc) is 3.10. The molecule has 1 aliphatic heterocycles. The van der Waals surface area contributed by atoms with Crippen LogP contribution in [0.4, 0.5) is 0 Å². The zero-order valence-corrected chi connectivity index (χ0v) is 17.1. The Morgan fingerprint density at radius 2 is 1.75 bits per heavy atom. The summed E-state index contributed by atoms with van der Waals surface area (Å²) in [6, 6.07) is 22.3. The Labute approximate surface area is 168 Å². The molecule has 0 spiro atoms. The summed E-state index contributed by atoms with van der Waals surface area (Å²) < 4.78 is 8.04. The van der Waals surface area contributed by atoms with Crippen molar-refractivity contribution in [1.29, 1.82) is 0 Å². The molecular formula is C25H30N2O. The first-order valence-corrected chi connectivity index (χ1v) is 10.3. The summed E-state index contributed by atoms with van der Waals surface area (Å²) in [6.45, 7) is 7.52. The molecule has 0 aliphatic carbocycles. The normalized spacial score (nSPS) is 17.4. The largest absolute Gasteiger partial charge is 0.496 e. The number of aryl methyl sites for hydroxylation is 1. The number of methoxy groups -OCH3 is 1. The minimum Gasteiger partial charge on any atom is -0.496 e. The van der Waals surface area contributed by atoms with Crippen LogP contribution < -0.4 is 4.74 Å². The SMILES string of the molecule is COc1ccccc1CN1CCCn2cccc2C1c1ccc(C(C)C)cc1. The van der Waals surface area contributed by atoms with Crippen LogP contribution >= 0.6 is 0 Å². The van der Waals surface area contributed by atoms with E-state index in [-0.39, 0.29) is 6.04 Å². The summed E-state index contributed by atoms with van der Waals surface area (Å²) in [4.78, 5) is 2.60. The van der Waals surface area contributed by atoms with Gasteiger partial charge in [0.2, 0.25) is 0 Å². The zero-order chi connectivity index (χ0) is 19.5. The van der Waals surface area contributed by atoms with Crippen molar-refractivity contribution in [3.05, 3.63) is 89.2 Å². The van der Waals surface area contributed by atoms with Gasteiger partial charge in [-0.25, -0.2) is 0 Å². The number of ether oxygens (including phenoxy) is 1. The lowest BCUT2D eigenvalue weighted by Crippen LogP contribution is -2.29. The Morgan fingerprint density at radius 1 is 0.964 bits per heavy atom. The van der Waals surface area contributed by atoms with Gasteiger partial charge in [-0.2, -0.15) is 0 Å². The molecule has 0 fully saturated rings. The average molecular weight is 375 g/mol. The molecule has 3 nitrogen and oxygen atoms in total. The number of fused-ring (bicyclic) bond motifs is 1. The van der Waals surface area contributed by atoms with Crippen molar-refractivity contribution < 1.29 is 4.74 Å². The topological polar surface area (TPSA) is 17.4 Å². The fourth-order valence-corrected chi connectivity index (χ4v) is 4.31. The highest BCUT2D eigenvalue weighted by molar-refractivity contribution is 5.36. The van der Waals surface area contributed by atoms with Gasteiger partial charge in [-0.05, 0) is 41.7 Å². The van der Waals surface area contributed by atoms with Gasteiger partial charge in [0.1, 0.15) is 5.75 Å². The predicted molar refractivity (Wildman–Crippen MR) is 115 cm³/mol. The van der Waals surface area contributed by atoms with Crippen molar-refractivity contribution in [2.75, 3.05) is 13.7 Å². The molecule has 0 N–H and O–H groups in total. The maximum atomic E-state index is 5.62. The molecule has 1 unspecified atom stereocenters. The fourth-order valence-electron chi connectivity index (χ4n) is 4.31. The van der Waals surface area contributed by atoms with Crippen molar-refractivity contribution in [3.63, 3.8) is 0 Å². The molecule has 1 aromatic heterocycles. The lowest BCUT2D eigenvalue weighted by molar-refractivity contribution is 0.217. The Morgan fingerprint density at radius 3 is 2.50 bits per heavy atom. The van der Waals surface area contributed by atoms with Crippen molar-refractivity contribution >= 4 is 0 Å². The van der Waals surface area contributed by atoms with E-state index in [9.17, 15) is 0 Å². The quantitative estimate of drug-likeness (QED) is 0.577. The van der Waals surface area contributed by atoms with Gasteiger partial charge in [0.05, 0.1) is 13.2 Å². The van der Waals surface area contributed by atoms with Crippen LogP contribution in [-0.4, -0.2) is 23.1 Å². The molecule has 0 amide bonds. The summed E-state index contributed by atoms with van der Waals surface area (Å²) in [5.41, 5.74) is 5.38. The molecule has 1 atom stereocenters. The van der Waals surface area contributed by atoms with Crippen molar-refractivity contribution in [2.45, 2.75) is 45.3 Å². The van der Waals surface area contributed by atoms with Gasteiger partial charge in [0.15, 0.2) is 0 Å². The Bertz CT molecular complexity index is 910. The van der Waals surface area contributed by atoms with Gasteiger partial charge >= 0.3 is 0 Å². The number of hydrogen-bond acceptors (Lipinski definition) is 2. The van der Waals surface area contributed by atoms with Crippen LogP contribution in [0.25, 0.3) is 0 Å². The van der Waals surface area contributed by atoms with Gasteiger partial charge in [-0.15, -0.1) is 0 Å². The summed E-state index contributed by atoms with van der Waals surface area (Å²) in [6.07, 6.45) is 3.37. The Hall–Kier alpha value is -2.52. The molecule has 0 saturated carbocycles. The highest BCUT2D eigenvalue weighted by Gasteiger charge is 2.28. The molecule has 3 heteroatoms. The predicted octanol–water partition coefficient (Wildman–Crippen LogP) is 5.62. The molecule has 0 saturated heterocycles. The minimum absolute atomic E-state index is 0.253. The lowest BCUT2D eigenvalue weighted by Gasteiger charge is -2.31. The van der Waals surface area contributed by atoms with Crippen LogP contribution in [0.15, 0.2) is 66.9 Å². The second kappa shape index (κ2) is 8.24. The number of para-hydroxylation sites is 1. The molecule has 2 aromatic carbocycles. The van der Waals surface area contributed by atoms with Crippen LogP contribution in [-0.2, 0) is 13.1 Å². The van der Waals surface area contributed by atoms with Gasteiger partial charge in [-0.3, -0.25) is 4.90 Å². The molecule has 4 rings (SSSR count). The van der Waals surface area contributed by atoms with Crippen LogP contribution in [0.1, 0.15) is 54.6 Å². The number of aromatic nitrogens is 1. The van der Waals surface area contributed by atoms with E-state index in [1.807, 2.05) is 6.07 Å². The van der Waals surface area contributed by atoms with E-state index in [1.165, 1.54) is 22.4 Å². The first-order chi connectivity index (χ1) is 13.7. The molecule has 0 bridgehead atoms. The second-order valence-corrected chi connectivity index (χ2v) is 7.99. The zero-order valence-electron chi connectivity index (χ0n) is 17.1. The third kappa shape index (κ3) is 3.72. The molecule has 1 aliphatic rings. The van der Waals surface area contributed by atoms with E-state index in [0.29, 0.717) is 5.92 Å². The molecule has 0 radical (unpaired) electrons. The summed E-state index contributed by atoms with van der Waals surface area (Å²) in [5, 5.41) is 0. The Kier molecular flexibility index (Phi) is 5.54. The number of rotatable bonds is 5. The maximum Gasteiger partial charge on any atom is 0.123 e. The molecule has 146 valence electrons. The maximum absolute atomic E-state index is 5.62. The number of hydrogen-bond donors (Lipinski definition) is 0. The molecule has 3 aromatic rings. The molecule has 2 heterocycles. The first kappa shape index (κ1) is 18.8. The first-order valence-electron chi connectivity index (χ1n) is 10.3. The van der Waals surface area contributed by atoms with Crippen LogP contribution in [0.3, 0.4) is 0 Å². The summed E-state index contributed by atoms with van der Waals surface area (Å²) >= 11 is 0. The van der Waals surface area contributed by atoms with Gasteiger partial charge in [0.25, 0.3) is 0 Å². The minimum atomic E-state index is 0.253. The summed E-state index contributed by atoms with van der Waals surface area (Å²) in [7, 11) is 1.76. The van der Waals surface area contributed by atoms with Crippen LogP contribution in [0.5, 0.6) is 5.75 Å². The molecule has 28 heavy (non-hydrogen) atoms. The van der Waals surface area contributed by atoms with E-state index >= 15 is 0 Å². The fraction of sp³-hybridized carbons (Fsp3) is 0.360. The van der Waals surface area contributed by atoms with Crippen LogP contribution in [0.2, 0.25) is 0 Å². The van der Waals surface area contributed by atoms with Crippen LogP contribution in [0, 0.1) is 0 Å². The highest BCUT2D eigenvalue weighted by Crippen LogP contribution is 2.34. The lowest BCUT2D eigenvalue weighted by atomic mass is 9.96. The number of nitrogens with zero attached hydrogens (tertiary/aromatic N) is 2. The summed E-state index contributed by atoms with van der Waals surface area (Å²) in [5.74, 6) is 1.52. The molecular weight excluding hydrogens is 344 g/mol. The van der Waals surface area contributed by atoms with Crippen molar-refractivity contribution in [3.8, 4) is 5.75 Å². The standard InChI is InChI=1S/C25H30N2O/c1-19(2)20-11-13-21(14-12-20)25-23-9-6-15-26(23)16-7-17-27(25)18-22-8-4-5-10-24(22)28-3/h4-6,8-15,19,25H,7,16-18H2,1-3H3. The third-order valence-corrected chi connectivity index (χ3v) is 5.84. The smallest absolute Gasteiger partial charge is 0.123 e. The van der Waals surface area contributed by atoms with Crippen molar-refractivity contribution in [2.24, 2.45) is 0 Å². The van der Waals surface area contributed by atoms with Gasteiger partial charge < -0.3 is 9.30 Å². The van der Waals surface area contributed by atoms with Gasteiger partial charge in [0, 0.05) is 37.1 Å². The van der Waals surface area contributed by atoms with E-state index < -0.39 is 0 Å². The highest BCUT2D eigenvalue weighted by atomic mass is 16.5. The third-order valence-electron chi connectivity index (χ3n) is 5.84. The van der Waals surface area contributed by atoms with Gasteiger partial charge in [-0.1, -0.05) is 56.3 Å². The van der Waals surface area contributed by atoms with E-state index in [1.54, 1.807) is 7.11 Å². The van der Waals surface area contributed by atoms with E-state index in [4.69, 9.17) is 4.74 Å². The van der Waals surface area contributed by atoms with E-state index in [2.05, 4.69) is 84.1 Å². The monoisotopic (exact) mass is 374 g/mol. The van der Waals surface area contributed by atoms with E-state index in [0.717, 1.165) is 31.8 Å². The second-order valence-electron chi connectivity index (χ2n) is 7.99. The number of benzene rings is 2. The van der Waals surface area contributed by atoms with Crippen molar-refractivity contribution in [1.82, 2.24) is 9.47 Å². The Balaban J connectivity index is 1.73.